The third-order valence-electron chi connectivity index (χ3n) is 2.62. The van der Waals surface area contributed by atoms with Gasteiger partial charge in [0.2, 0.25) is 5.91 Å². The lowest BCUT2D eigenvalue weighted by Gasteiger charge is -2.18. The summed E-state index contributed by atoms with van der Waals surface area (Å²) in [6.45, 7) is 5.30. The average Bonchev–Trinajstić information content (AvgIpc) is 2.93. The van der Waals surface area contributed by atoms with E-state index in [1.165, 1.54) is 12.8 Å². The zero-order valence-corrected chi connectivity index (χ0v) is 9.47. The largest absolute Gasteiger partial charge is 0.358 e. The van der Waals surface area contributed by atoms with Crippen LogP contribution in [0.15, 0.2) is 0 Å². The minimum absolute atomic E-state index is 0.000556. The summed E-state index contributed by atoms with van der Waals surface area (Å²) >= 11 is 0. The SMILES string of the molecule is CNC(=O)C(CC(C)C)NCC1CC1. The van der Waals surface area contributed by atoms with E-state index >= 15 is 0 Å². The summed E-state index contributed by atoms with van der Waals surface area (Å²) in [5, 5.41) is 6.06. The summed E-state index contributed by atoms with van der Waals surface area (Å²) in [5.41, 5.74) is 0. The van der Waals surface area contributed by atoms with E-state index in [1.807, 2.05) is 0 Å². The number of hydrogen-bond acceptors (Lipinski definition) is 2. The third-order valence-corrected chi connectivity index (χ3v) is 2.62. The molecule has 0 radical (unpaired) electrons. The molecule has 0 aromatic rings. The van der Waals surface area contributed by atoms with Crippen LogP contribution in [0.2, 0.25) is 0 Å². The Labute approximate surface area is 86.6 Å². The predicted octanol–water partition coefficient (Wildman–Crippen LogP) is 1.15. The van der Waals surface area contributed by atoms with E-state index in [2.05, 4.69) is 24.5 Å². The van der Waals surface area contributed by atoms with Gasteiger partial charge in [0.25, 0.3) is 0 Å². The molecule has 1 aliphatic rings. The Morgan fingerprint density at radius 2 is 2.07 bits per heavy atom. The van der Waals surface area contributed by atoms with Crippen molar-refractivity contribution in [1.29, 1.82) is 0 Å². The molecule has 1 saturated carbocycles. The minimum Gasteiger partial charge on any atom is -0.358 e. The maximum absolute atomic E-state index is 11.5. The summed E-state index contributed by atoms with van der Waals surface area (Å²) in [7, 11) is 1.70. The van der Waals surface area contributed by atoms with E-state index in [1.54, 1.807) is 7.05 Å². The molecule has 82 valence electrons. The van der Waals surface area contributed by atoms with Crippen LogP contribution in [-0.4, -0.2) is 25.5 Å². The van der Waals surface area contributed by atoms with Gasteiger partial charge in [0, 0.05) is 7.05 Å². The molecular formula is C11H22N2O. The quantitative estimate of drug-likeness (QED) is 0.672. The van der Waals surface area contributed by atoms with Crippen LogP contribution in [0.5, 0.6) is 0 Å². The number of carbonyl (C=O) groups excluding carboxylic acids is 1. The first-order chi connectivity index (χ1) is 6.63. The van der Waals surface area contributed by atoms with Gasteiger partial charge in [-0.25, -0.2) is 0 Å². The van der Waals surface area contributed by atoms with Crippen LogP contribution in [-0.2, 0) is 4.79 Å². The summed E-state index contributed by atoms with van der Waals surface area (Å²) < 4.78 is 0. The molecule has 14 heavy (non-hydrogen) atoms. The molecular weight excluding hydrogens is 176 g/mol. The van der Waals surface area contributed by atoms with Crippen LogP contribution in [0.3, 0.4) is 0 Å². The molecule has 1 atom stereocenters. The van der Waals surface area contributed by atoms with E-state index in [4.69, 9.17) is 0 Å². The summed E-state index contributed by atoms with van der Waals surface area (Å²) in [5.74, 6) is 1.51. The smallest absolute Gasteiger partial charge is 0.236 e. The Kier molecular flexibility index (Phi) is 4.39. The first kappa shape index (κ1) is 11.5. The standard InChI is InChI=1S/C11H22N2O/c1-8(2)6-10(11(14)12-3)13-7-9-4-5-9/h8-10,13H,4-7H2,1-3H3,(H,12,14). The van der Waals surface area contributed by atoms with E-state index in [-0.39, 0.29) is 11.9 Å². The fourth-order valence-corrected chi connectivity index (χ4v) is 1.56. The van der Waals surface area contributed by atoms with E-state index in [0.717, 1.165) is 18.9 Å². The van der Waals surface area contributed by atoms with Crippen LogP contribution >= 0.6 is 0 Å². The van der Waals surface area contributed by atoms with E-state index < -0.39 is 0 Å². The first-order valence-electron chi connectivity index (χ1n) is 5.58. The zero-order chi connectivity index (χ0) is 10.6. The lowest BCUT2D eigenvalue weighted by molar-refractivity contribution is -0.123. The van der Waals surface area contributed by atoms with Crippen molar-refractivity contribution in [2.45, 2.75) is 39.2 Å². The van der Waals surface area contributed by atoms with Crippen LogP contribution in [0.1, 0.15) is 33.1 Å². The van der Waals surface area contributed by atoms with Crippen LogP contribution in [0.25, 0.3) is 0 Å². The monoisotopic (exact) mass is 198 g/mol. The van der Waals surface area contributed by atoms with Gasteiger partial charge < -0.3 is 10.6 Å². The molecule has 0 aliphatic heterocycles. The summed E-state index contributed by atoms with van der Waals surface area (Å²) in [6.07, 6.45) is 3.58. The lowest BCUT2D eigenvalue weighted by atomic mass is 10.0. The van der Waals surface area contributed by atoms with Crippen molar-refractivity contribution in [3.63, 3.8) is 0 Å². The number of amides is 1. The number of rotatable bonds is 6. The lowest BCUT2D eigenvalue weighted by Crippen LogP contribution is -2.44. The predicted molar refractivity (Wildman–Crippen MR) is 58.0 cm³/mol. The number of hydrogen-bond donors (Lipinski definition) is 2. The molecule has 0 saturated heterocycles. The Morgan fingerprint density at radius 1 is 1.43 bits per heavy atom. The van der Waals surface area contributed by atoms with E-state index in [9.17, 15) is 4.79 Å². The number of likely N-dealkylation sites (N-methyl/N-ethyl adjacent to an activating group) is 1. The molecule has 1 amide bonds. The van der Waals surface area contributed by atoms with Crippen molar-refractivity contribution in [1.82, 2.24) is 10.6 Å². The normalized spacial score (nSPS) is 18.3. The van der Waals surface area contributed by atoms with Gasteiger partial charge in [0.05, 0.1) is 6.04 Å². The number of nitrogens with one attached hydrogen (secondary N) is 2. The highest BCUT2D eigenvalue weighted by molar-refractivity contribution is 5.81. The molecule has 1 unspecified atom stereocenters. The Hall–Kier alpha value is -0.570. The molecule has 0 bridgehead atoms. The minimum atomic E-state index is 0.000556. The highest BCUT2D eigenvalue weighted by Gasteiger charge is 2.24. The highest BCUT2D eigenvalue weighted by Crippen LogP contribution is 2.27. The Bertz CT molecular complexity index is 188. The Balaban J connectivity index is 2.29. The average molecular weight is 198 g/mol. The molecule has 1 aliphatic carbocycles. The topological polar surface area (TPSA) is 41.1 Å². The summed E-state index contributed by atoms with van der Waals surface area (Å²) in [4.78, 5) is 11.5. The molecule has 2 N–H and O–H groups in total. The molecule has 3 heteroatoms. The molecule has 3 nitrogen and oxygen atoms in total. The van der Waals surface area contributed by atoms with Crippen LogP contribution in [0.4, 0.5) is 0 Å². The first-order valence-corrected chi connectivity index (χ1v) is 5.58. The molecule has 1 rings (SSSR count). The molecule has 0 aromatic heterocycles. The van der Waals surface area contributed by atoms with Crippen molar-refractivity contribution >= 4 is 5.91 Å². The second-order valence-electron chi connectivity index (χ2n) is 4.65. The highest BCUT2D eigenvalue weighted by atomic mass is 16.2. The molecule has 0 spiro atoms. The van der Waals surface area contributed by atoms with Crippen molar-refractivity contribution in [3.8, 4) is 0 Å². The van der Waals surface area contributed by atoms with Crippen LogP contribution < -0.4 is 10.6 Å². The fourth-order valence-electron chi connectivity index (χ4n) is 1.56. The third kappa shape index (κ3) is 4.09. The van der Waals surface area contributed by atoms with Gasteiger partial charge in [-0.15, -0.1) is 0 Å². The van der Waals surface area contributed by atoms with Gasteiger partial charge >= 0.3 is 0 Å². The molecule has 1 fully saturated rings. The van der Waals surface area contributed by atoms with E-state index in [0.29, 0.717) is 5.92 Å². The molecule has 0 aromatic carbocycles. The number of carbonyl (C=O) groups is 1. The van der Waals surface area contributed by atoms with Crippen molar-refractivity contribution in [2.75, 3.05) is 13.6 Å². The van der Waals surface area contributed by atoms with Crippen molar-refractivity contribution < 1.29 is 4.79 Å². The zero-order valence-electron chi connectivity index (χ0n) is 9.47. The maximum atomic E-state index is 11.5. The fraction of sp³-hybridized carbons (Fsp3) is 0.909. The van der Waals surface area contributed by atoms with Gasteiger partial charge in [0.1, 0.15) is 0 Å². The molecule has 0 heterocycles. The van der Waals surface area contributed by atoms with Gasteiger partial charge in [-0.2, -0.15) is 0 Å². The summed E-state index contributed by atoms with van der Waals surface area (Å²) in [6, 6.07) is 0.000556. The van der Waals surface area contributed by atoms with Crippen molar-refractivity contribution in [2.24, 2.45) is 11.8 Å². The van der Waals surface area contributed by atoms with Gasteiger partial charge in [-0.3, -0.25) is 4.79 Å². The van der Waals surface area contributed by atoms with Gasteiger partial charge in [-0.1, -0.05) is 13.8 Å². The second kappa shape index (κ2) is 5.35. The van der Waals surface area contributed by atoms with Crippen molar-refractivity contribution in [3.05, 3.63) is 0 Å². The van der Waals surface area contributed by atoms with Gasteiger partial charge in [0.15, 0.2) is 0 Å². The maximum Gasteiger partial charge on any atom is 0.236 e. The van der Waals surface area contributed by atoms with Gasteiger partial charge in [-0.05, 0) is 37.6 Å². The van der Waals surface area contributed by atoms with Crippen LogP contribution in [0, 0.1) is 11.8 Å². The Morgan fingerprint density at radius 3 is 2.50 bits per heavy atom. The second-order valence-corrected chi connectivity index (χ2v) is 4.65.